The number of piperidine rings is 1. The number of carbonyl (C=O) groups excluding carboxylic acids is 2. The molecule has 188 valence electrons. The van der Waals surface area contributed by atoms with E-state index in [4.69, 9.17) is 18.9 Å². The van der Waals surface area contributed by atoms with Gasteiger partial charge in [-0.05, 0) is 69.0 Å². The third-order valence-electron chi connectivity index (χ3n) is 5.24. The van der Waals surface area contributed by atoms with E-state index < -0.39 is 5.91 Å². The SMILES string of the molecule is CCOc1ccccc1OCC(=O)N/N=C/c1ccc(OCC(=O)N2CCCCC2)c(OCC)c1. The topological polar surface area (TPSA) is 98.7 Å². The number of nitrogens with zero attached hydrogens (tertiary/aromatic N) is 2. The van der Waals surface area contributed by atoms with Crippen molar-refractivity contribution in [2.45, 2.75) is 33.1 Å². The molecule has 2 aromatic carbocycles. The highest BCUT2D eigenvalue weighted by atomic mass is 16.5. The summed E-state index contributed by atoms with van der Waals surface area (Å²) in [5.74, 6) is 1.63. The highest BCUT2D eigenvalue weighted by Crippen LogP contribution is 2.28. The summed E-state index contributed by atoms with van der Waals surface area (Å²) < 4.78 is 22.4. The van der Waals surface area contributed by atoms with Gasteiger partial charge in [0.2, 0.25) is 0 Å². The maximum absolute atomic E-state index is 12.4. The molecule has 1 aliphatic heterocycles. The van der Waals surface area contributed by atoms with Crippen LogP contribution in [0.4, 0.5) is 0 Å². The van der Waals surface area contributed by atoms with Crippen LogP contribution in [0.3, 0.4) is 0 Å². The second kappa shape index (κ2) is 13.8. The number of hydrogen-bond donors (Lipinski definition) is 1. The predicted octanol–water partition coefficient (Wildman–Crippen LogP) is 3.40. The maximum atomic E-state index is 12.4. The molecule has 1 fully saturated rings. The number of carbonyl (C=O) groups is 2. The Labute approximate surface area is 206 Å². The number of para-hydroxylation sites is 2. The summed E-state index contributed by atoms with van der Waals surface area (Å²) in [7, 11) is 0. The lowest BCUT2D eigenvalue weighted by molar-refractivity contribution is -0.134. The first-order valence-electron chi connectivity index (χ1n) is 11.9. The minimum absolute atomic E-state index is 0.0217. The van der Waals surface area contributed by atoms with Gasteiger partial charge in [0, 0.05) is 13.1 Å². The van der Waals surface area contributed by atoms with Crippen LogP contribution in [0, 0.1) is 0 Å². The summed E-state index contributed by atoms with van der Waals surface area (Å²) in [4.78, 5) is 26.3. The van der Waals surface area contributed by atoms with Crippen LogP contribution in [0.5, 0.6) is 23.0 Å². The van der Waals surface area contributed by atoms with Crippen molar-refractivity contribution in [2.24, 2.45) is 5.10 Å². The van der Waals surface area contributed by atoms with Crippen molar-refractivity contribution >= 4 is 18.0 Å². The van der Waals surface area contributed by atoms with Crippen LogP contribution in [-0.2, 0) is 9.59 Å². The molecule has 0 radical (unpaired) electrons. The number of rotatable bonds is 12. The van der Waals surface area contributed by atoms with Gasteiger partial charge in [0.1, 0.15) is 0 Å². The third-order valence-corrected chi connectivity index (χ3v) is 5.24. The number of hydrogen-bond acceptors (Lipinski definition) is 7. The number of benzene rings is 2. The molecule has 2 aromatic rings. The Balaban J connectivity index is 1.51. The summed E-state index contributed by atoms with van der Waals surface area (Å²) in [6.07, 6.45) is 4.73. The maximum Gasteiger partial charge on any atom is 0.277 e. The minimum Gasteiger partial charge on any atom is -0.490 e. The van der Waals surface area contributed by atoms with Crippen LogP contribution in [0.25, 0.3) is 0 Å². The van der Waals surface area contributed by atoms with Gasteiger partial charge in [-0.25, -0.2) is 5.43 Å². The second-order valence-corrected chi connectivity index (χ2v) is 7.83. The molecule has 0 bridgehead atoms. The Morgan fingerprint density at radius 2 is 1.49 bits per heavy atom. The third kappa shape index (κ3) is 8.20. The lowest BCUT2D eigenvalue weighted by Crippen LogP contribution is -2.38. The monoisotopic (exact) mass is 483 g/mol. The van der Waals surface area contributed by atoms with Crippen LogP contribution < -0.4 is 24.4 Å². The van der Waals surface area contributed by atoms with Crippen LogP contribution in [0.1, 0.15) is 38.7 Å². The average Bonchev–Trinajstić information content (AvgIpc) is 2.88. The molecule has 1 heterocycles. The van der Waals surface area contributed by atoms with E-state index >= 15 is 0 Å². The van der Waals surface area contributed by atoms with Gasteiger partial charge < -0.3 is 23.8 Å². The number of amides is 2. The lowest BCUT2D eigenvalue weighted by atomic mass is 10.1. The van der Waals surface area contributed by atoms with E-state index in [-0.39, 0.29) is 19.1 Å². The summed E-state index contributed by atoms with van der Waals surface area (Å²) in [6.45, 7) is 6.01. The fourth-order valence-electron chi connectivity index (χ4n) is 3.57. The van der Waals surface area contributed by atoms with Crippen molar-refractivity contribution in [3.63, 3.8) is 0 Å². The predicted molar refractivity (Wildman–Crippen MR) is 132 cm³/mol. The molecule has 0 aromatic heterocycles. The molecule has 0 spiro atoms. The fourth-order valence-corrected chi connectivity index (χ4v) is 3.57. The number of likely N-dealkylation sites (tertiary alicyclic amines) is 1. The quantitative estimate of drug-likeness (QED) is 0.367. The first kappa shape index (κ1) is 25.9. The minimum atomic E-state index is -0.409. The molecule has 0 unspecified atom stereocenters. The first-order chi connectivity index (χ1) is 17.1. The lowest BCUT2D eigenvalue weighted by Gasteiger charge is -2.26. The molecule has 1 saturated heterocycles. The Kier molecular flexibility index (Phi) is 10.2. The molecular weight excluding hydrogens is 450 g/mol. The Hall–Kier alpha value is -3.75. The van der Waals surface area contributed by atoms with E-state index in [9.17, 15) is 9.59 Å². The molecule has 1 N–H and O–H groups in total. The van der Waals surface area contributed by atoms with Crippen LogP contribution in [0.15, 0.2) is 47.6 Å². The molecular formula is C26H33N3O6. The van der Waals surface area contributed by atoms with Gasteiger partial charge in [-0.1, -0.05) is 12.1 Å². The second-order valence-electron chi connectivity index (χ2n) is 7.83. The Bertz CT molecular complexity index is 1000. The van der Waals surface area contributed by atoms with Crippen LogP contribution in [-0.4, -0.2) is 62.4 Å². The standard InChI is InChI=1S/C26H33N3O6/c1-3-32-21-10-6-7-11-22(21)34-18-25(30)28-27-17-20-12-13-23(24(16-20)33-4-2)35-19-26(31)29-14-8-5-9-15-29/h6-7,10-13,16-17H,3-5,8-9,14-15,18-19H2,1-2H3,(H,28,30)/b27-17+. The summed E-state index contributed by atoms with van der Waals surface area (Å²) in [5.41, 5.74) is 3.14. The molecule has 9 heteroatoms. The molecule has 9 nitrogen and oxygen atoms in total. The fraction of sp³-hybridized carbons (Fsp3) is 0.423. The Morgan fingerprint density at radius 3 is 2.20 bits per heavy atom. The highest BCUT2D eigenvalue weighted by Gasteiger charge is 2.17. The van der Waals surface area contributed by atoms with Gasteiger partial charge in [-0.3, -0.25) is 9.59 Å². The summed E-state index contributed by atoms with van der Waals surface area (Å²) in [6, 6.07) is 12.4. The molecule has 1 aliphatic rings. The van der Waals surface area contributed by atoms with Crippen molar-refractivity contribution in [3.05, 3.63) is 48.0 Å². The van der Waals surface area contributed by atoms with Crippen LogP contribution in [0.2, 0.25) is 0 Å². The highest BCUT2D eigenvalue weighted by molar-refractivity contribution is 5.84. The van der Waals surface area contributed by atoms with Crippen molar-refractivity contribution in [1.82, 2.24) is 10.3 Å². The molecule has 3 rings (SSSR count). The van der Waals surface area contributed by atoms with Crippen molar-refractivity contribution in [2.75, 3.05) is 39.5 Å². The van der Waals surface area contributed by atoms with Crippen molar-refractivity contribution in [1.29, 1.82) is 0 Å². The van der Waals surface area contributed by atoms with Crippen molar-refractivity contribution in [3.8, 4) is 23.0 Å². The molecule has 0 aliphatic carbocycles. The molecule has 35 heavy (non-hydrogen) atoms. The number of nitrogens with one attached hydrogen (secondary N) is 1. The van der Waals surface area contributed by atoms with Gasteiger partial charge in [0.15, 0.2) is 36.2 Å². The van der Waals surface area contributed by atoms with Crippen molar-refractivity contribution < 1.29 is 28.5 Å². The van der Waals surface area contributed by atoms with Gasteiger partial charge >= 0.3 is 0 Å². The van der Waals surface area contributed by atoms with Gasteiger partial charge in [-0.2, -0.15) is 5.10 Å². The Morgan fingerprint density at radius 1 is 0.857 bits per heavy atom. The number of ether oxygens (including phenoxy) is 4. The van der Waals surface area contributed by atoms with E-state index in [2.05, 4.69) is 10.5 Å². The van der Waals surface area contributed by atoms with E-state index in [1.165, 1.54) is 6.21 Å². The largest absolute Gasteiger partial charge is 0.490 e. The van der Waals surface area contributed by atoms with E-state index in [1.54, 1.807) is 36.4 Å². The number of hydrazone groups is 1. The van der Waals surface area contributed by atoms with Crippen LogP contribution >= 0.6 is 0 Å². The molecule has 2 amide bonds. The zero-order valence-corrected chi connectivity index (χ0v) is 20.3. The zero-order chi connectivity index (χ0) is 24.9. The normalized spacial score (nSPS) is 13.4. The molecule has 0 saturated carbocycles. The smallest absolute Gasteiger partial charge is 0.277 e. The average molecular weight is 484 g/mol. The van der Waals surface area contributed by atoms with E-state index in [0.29, 0.717) is 41.8 Å². The first-order valence-corrected chi connectivity index (χ1v) is 11.9. The summed E-state index contributed by atoms with van der Waals surface area (Å²) >= 11 is 0. The van der Waals surface area contributed by atoms with E-state index in [1.807, 2.05) is 24.8 Å². The van der Waals surface area contributed by atoms with Gasteiger partial charge in [0.05, 0.1) is 19.4 Å². The zero-order valence-electron chi connectivity index (χ0n) is 20.3. The van der Waals surface area contributed by atoms with Gasteiger partial charge in [0.25, 0.3) is 11.8 Å². The van der Waals surface area contributed by atoms with E-state index in [0.717, 1.165) is 32.4 Å². The molecule has 0 atom stereocenters. The van der Waals surface area contributed by atoms with Gasteiger partial charge in [-0.15, -0.1) is 0 Å². The summed E-state index contributed by atoms with van der Waals surface area (Å²) in [5, 5.41) is 3.99.